The maximum absolute atomic E-state index is 10.6. The molecule has 2 rings (SSSR count). The highest BCUT2D eigenvalue weighted by atomic mass is 16.1. The first-order valence-electron chi connectivity index (χ1n) is 4.71. The molecule has 0 radical (unpaired) electrons. The van der Waals surface area contributed by atoms with Gasteiger partial charge in [0.15, 0.2) is 6.29 Å². The molecule has 0 aliphatic heterocycles. The van der Waals surface area contributed by atoms with Crippen LogP contribution in [0.25, 0.3) is 11.1 Å². The highest BCUT2D eigenvalue weighted by Crippen LogP contribution is 2.22. The first kappa shape index (κ1) is 9.46. The summed E-state index contributed by atoms with van der Waals surface area (Å²) < 4.78 is 0. The van der Waals surface area contributed by atoms with Gasteiger partial charge in [0.2, 0.25) is 0 Å². The zero-order valence-electron chi connectivity index (χ0n) is 8.18. The average Bonchev–Trinajstić information content (AvgIpc) is 2.30. The van der Waals surface area contributed by atoms with Crippen molar-refractivity contribution >= 4 is 12.0 Å². The van der Waals surface area contributed by atoms with Crippen molar-refractivity contribution in [3.05, 3.63) is 54.1 Å². The summed E-state index contributed by atoms with van der Waals surface area (Å²) in [6.45, 7) is 0. The largest absolute Gasteiger partial charge is 0.398 e. The molecule has 0 aromatic heterocycles. The molecular formula is C13H11NO. The minimum absolute atomic E-state index is 0.520. The quantitative estimate of drug-likeness (QED) is 0.594. The minimum atomic E-state index is 0.520. The maximum atomic E-state index is 10.6. The molecule has 0 bridgehead atoms. The first-order chi connectivity index (χ1) is 7.31. The van der Waals surface area contributed by atoms with Gasteiger partial charge < -0.3 is 5.73 Å². The van der Waals surface area contributed by atoms with Crippen LogP contribution < -0.4 is 5.73 Å². The van der Waals surface area contributed by atoms with E-state index in [0.29, 0.717) is 11.3 Å². The second-order valence-electron chi connectivity index (χ2n) is 3.33. The van der Waals surface area contributed by atoms with Crippen LogP contribution in [0.3, 0.4) is 0 Å². The van der Waals surface area contributed by atoms with Gasteiger partial charge in [-0.2, -0.15) is 0 Å². The van der Waals surface area contributed by atoms with Crippen molar-refractivity contribution < 1.29 is 4.79 Å². The number of hydrogen-bond donors (Lipinski definition) is 1. The lowest BCUT2D eigenvalue weighted by Crippen LogP contribution is -1.92. The fraction of sp³-hybridized carbons (Fsp3) is 0. The van der Waals surface area contributed by atoms with Crippen LogP contribution in [0.1, 0.15) is 10.4 Å². The molecule has 0 aliphatic rings. The van der Waals surface area contributed by atoms with Crippen LogP contribution in [0, 0.1) is 0 Å². The molecule has 2 aromatic carbocycles. The highest BCUT2D eigenvalue weighted by molar-refractivity contribution is 5.85. The highest BCUT2D eigenvalue weighted by Gasteiger charge is 2.00. The third-order valence-corrected chi connectivity index (χ3v) is 2.32. The number of rotatable bonds is 2. The van der Waals surface area contributed by atoms with Crippen molar-refractivity contribution in [1.82, 2.24) is 0 Å². The monoisotopic (exact) mass is 197 g/mol. The third kappa shape index (κ3) is 1.89. The van der Waals surface area contributed by atoms with E-state index < -0.39 is 0 Å². The van der Waals surface area contributed by atoms with E-state index in [0.717, 1.165) is 17.4 Å². The normalized spacial score (nSPS) is 9.87. The van der Waals surface area contributed by atoms with Crippen LogP contribution in [-0.4, -0.2) is 6.29 Å². The molecule has 0 saturated heterocycles. The average molecular weight is 197 g/mol. The molecule has 0 atom stereocenters. The van der Waals surface area contributed by atoms with E-state index in [2.05, 4.69) is 0 Å². The Kier molecular flexibility index (Phi) is 2.50. The second kappa shape index (κ2) is 3.96. The lowest BCUT2D eigenvalue weighted by atomic mass is 10.0. The van der Waals surface area contributed by atoms with Gasteiger partial charge >= 0.3 is 0 Å². The Bertz CT molecular complexity index is 477. The molecule has 74 valence electrons. The fourth-order valence-corrected chi connectivity index (χ4v) is 1.49. The number of hydrogen-bond acceptors (Lipinski definition) is 2. The lowest BCUT2D eigenvalue weighted by Gasteiger charge is -2.04. The van der Waals surface area contributed by atoms with E-state index in [1.807, 2.05) is 42.5 Å². The molecule has 2 heteroatoms. The SMILES string of the molecule is Nc1cc(-c2ccccc2)ccc1C=O. The van der Waals surface area contributed by atoms with Gasteiger partial charge in [0.25, 0.3) is 0 Å². The van der Waals surface area contributed by atoms with E-state index in [1.54, 1.807) is 6.07 Å². The molecule has 2 nitrogen and oxygen atoms in total. The number of carbonyl (C=O) groups is 1. The van der Waals surface area contributed by atoms with Crippen LogP contribution in [0.5, 0.6) is 0 Å². The summed E-state index contributed by atoms with van der Waals surface area (Å²) in [6.07, 6.45) is 0.768. The Morgan fingerprint density at radius 2 is 1.67 bits per heavy atom. The number of nitrogens with two attached hydrogens (primary N) is 1. The Balaban J connectivity index is 2.47. The fourth-order valence-electron chi connectivity index (χ4n) is 1.49. The first-order valence-corrected chi connectivity index (χ1v) is 4.71. The summed E-state index contributed by atoms with van der Waals surface area (Å²) in [5.74, 6) is 0. The molecule has 0 unspecified atom stereocenters. The molecule has 0 saturated carbocycles. The Hall–Kier alpha value is -2.09. The van der Waals surface area contributed by atoms with Gasteiger partial charge in [-0.1, -0.05) is 36.4 Å². The van der Waals surface area contributed by atoms with Gasteiger partial charge in [-0.25, -0.2) is 0 Å². The summed E-state index contributed by atoms with van der Waals surface area (Å²) in [6, 6.07) is 15.4. The van der Waals surface area contributed by atoms with Gasteiger partial charge in [0, 0.05) is 11.3 Å². The van der Waals surface area contributed by atoms with Crippen LogP contribution in [0.2, 0.25) is 0 Å². The summed E-state index contributed by atoms with van der Waals surface area (Å²) in [5, 5.41) is 0. The summed E-state index contributed by atoms with van der Waals surface area (Å²) in [7, 11) is 0. The van der Waals surface area contributed by atoms with Crippen molar-refractivity contribution in [2.45, 2.75) is 0 Å². The predicted octanol–water partition coefficient (Wildman–Crippen LogP) is 2.75. The Morgan fingerprint density at radius 1 is 0.933 bits per heavy atom. The third-order valence-electron chi connectivity index (χ3n) is 2.32. The Labute approximate surface area is 88.4 Å². The smallest absolute Gasteiger partial charge is 0.152 e. The molecule has 2 N–H and O–H groups in total. The Morgan fingerprint density at radius 3 is 2.27 bits per heavy atom. The number of benzene rings is 2. The molecule has 0 aliphatic carbocycles. The number of anilines is 1. The zero-order chi connectivity index (χ0) is 10.7. The van der Waals surface area contributed by atoms with Crippen molar-refractivity contribution in [1.29, 1.82) is 0 Å². The van der Waals surface area contributed by atoms with Crippen LogP contribution >= 0.6 is 0 Å². The molecule has 0 heterocycles. The van der Waals surface area contributed by atoms with E-state index in [1.165, 1.54) is 0 Å². The van der Waals surface area contributed by atoms with Crippen LogP contribution in [-0.2, 0) is 0 Å². The molecular weight excluding hydrogens is 186 g/mol. The number of nitrogen functional groups attached to an aromatic ring is 1. The molecule has 2 aromatic rings. The van der Waals surface area contributed by atoms with E-state index in [-0.39, 0.29) is 0 Å². The number of carbonyl (C=O) groups excluding carboxylic acids is 1. The van der Waals surface area contributed by atoms with Gasteiger partial charge in [-0.3, -0.25) is 4.79 Å². The molecule has 0 spiro atoms. The van der Waals surface area contributed by atoms with Crippen molar-refractivity contribution in [3.8, 4) is 11.1 Å². The van der Waals surface area contributed by atoms with Crippen molar-refractivity contribution in [3.63, 3.8) is 0 Å². The standard InChI is InChI=1S/C13H11NO/c14-13-8-11(6-7-12(13)9-15)10-4-2-1-3-5-10/h1-9H,14H2. The molecule has 0 fully saturated rings. The summed E-state index contributed by atoms with van der Waals surface area (Å²) >= 11 is 0. The number of aldehydes is 1. The van der Waals surface area contributed by atoms with E-state index in [4.69, 9.17) is 5.73 Å². The second-order valence-corrected chi connectivity index (χ2v) is 3.33. The summed E-state index contributed by atoms with van der Waals surface area (Å²) in [4.78, 5) is 10.6. The van der Waals surface area contributed by atoms with Crippen molar-refractivity contribution in [2.75, 3.05) is 5.73 Å². The minimum Gasteiger partial charge on any atom is -0.398 e. The topological polar surface area (TPSA) is 43.1 Å². The van der Waals surface area contributed by atoms with Gasteiger partial charge in [-0.05, 0) is 23.3 Å². The van der Waals surface area contributed by atoms with E-state index >= 15 is 0 Å². The molecule has 15 heavy (non-hydrogen) atoms. The van der Waals surface area contributed by atoms with Crippen molar-refractivity contribution in [2.24, 2.45) is 0 Å². The maximum Gasteiger partial charge on any atom is 0.152 e. The van der Waals surface area contributed by atoms with Gasteiger partial charge in [0.05, 0.1) is 0 Å². The predicted molar refractivity (Wildman–Crippen MR) is 61.7 cm³/mol. The van der Waals surface area contributed by atoms with Crippen LogP contribution in [0.4, 0.5) is 5.69 Å². The van der Waals surface area contributed by atoms with E-state index in [9.17, 15) is 4.79 Å². The molecule has 0 amide bonds. The summed E-state index contributed by atoms with van der Waals surface area (Å²) in [5.41, 5.74) is 8.92. The van der Waals surface area contributed by atoms with Gasteiger partial charge in [-0.15, -0.1) is 0 Å². The van der Waals surface area contributed by atoms with Gasteiger partial charge in [0.1, 0.15) is 0 Å². The lowest BCUT2D eigenvalue weighted by molar-refractivity contribution is 0.112. The van der Waals surface area contributed by atoms with Crippen LogP contribution in [0.15, 0.2) is 48.5 Å². The zero-order valence-corrected chi connectivity index (χ0v) is 8.18.